The summed E-state index contributed by atoms with van der Waals surface area (Å²) in [5, 5.41) is 8.64. The Hall–Kier alpha value is -4.38. The molecule has 12 heteroatoms. The summed E-state index contributed by atoms with van der Waals surface area (Å²) in [6, 6.07) is 8.01. The Morgan fingerprint density at radius 2 is 1.77 bits per heavy atom. The molecule has 0 unspecified atom stereocenters. The van der Waals surface area contributed by atoms with Gasteiger partial charge in [-0.05, 0) is 80.9 Å². The lowest BCUT2D eigenvalue weighted by Crippen LogP contribution is -2.35. The zero-order chi connectivity index (χ0) is 34.4. The van der Waals surface area contributed by atoms with Crippen LogP contribution >= 0.6 is 23.2 Å². The molecular formula is C35H39Cl2N5O5. The molecule has 47 heavy (non-hydrogen) atoms. The van der Waals surface area contributed by atoms with Crippen LogP contribution < -0.4 is 20.7 Å². The molecule has 4 N–H and O–H groups in total. The lowest BCUT2D eigenvalue weighted by Gasteiger charge is -2.18. The predicted molar refractivity (Wildman–Crippen MR) is 188 cm³/mol. The Kier molecular flexibility index (Phi) is 11.7. The number of aromatic amines is 1. The number of hydrogen-bond donors (Lipinski definition) is 4. The van der Waals surface area contributed by atoms with Gasteiger partial charge in [0.25, 0.3) is 17.7 Å². The number of aryl methyl sites for hydroxylation is 1. The summed E-state index contributed by atoms with van der Waals surface area (Å²) in [5.41, 5.74) is 5.22. The molecule has 1 aliphatic heterocycles. The van der Waals surface area contributed by atoms with Crippen molar-refractivity contribution in [2.45, 2.75) is 41.0 Å². The summed E-state index contributed by atoms with van der Waals surface area (Å²) in [5.74, 6) is -1.12. The number of ketones is 1. The first-order valence-electron chi connectivity index (χ1n) is 15.4. The second kappa shape index (κ2) is 15.5. The molecule has 0 bridgehead atoms. The van der Waals surface area contributed by atoms with Gasteiger partial charge in [-0.2, -0.15) is 0 Å². The van der Waals surface area contributed by atoms with Gasteiger partial charge in [-0.25, -0.2) is 0 Å². The fourth-order valence-corrected chi connectivity index (χ4v) is 5.74. The Labute approximate surface area is 284 Å². The van der Waals surface area contributed by atoms with Crippen molar-refractivity contribution in [2.75, 3.05) is 43.4 Å². The van der Waals surface area contributed by atoms with Crippen LogP contribution in [0.15, 0.2) is 42.5 Å². The van der Waals surface area contributed by atoms with Crippen LogP contribution in [0.4, 0.5) is 11.4 Å². The number of amides is 3. The normalized spacial score (nSPS) is 13.0. The highest BCUT2D eigenvalue weighted by Gasteiger charge is 2.26. The summed E-state index contributed by atoms with van der Waals surface area (Å²) in [6.45, 7) is 16.1. The number of nitrogens with one attached hydrogen (secondary N) is 4. The zero-order valence-corrected chi connectivity index (χ0v) is 28.7. The standard InChI is InChI=1S/C35H39Cl2N5O5/c1-7-19(4)33(44)23-11-13-28(32(37)31(23)36)47-18-29(43)40-22-10-12-26-24(16-22)25(34(45)41-26)17-27-20(5)30(21(6)39-27)35(46)38-14-15-42(8-2)9-3/h10-13,16-17,39H,4,7-9,14-15,18H2,1-3,5-6H3,(H,38,46)(H,40,43)(H,41,45)/b25-17-. The number of ether oxygens (including phenoxy) is 1. The molecule has 3 aromatic rings. The number of Topliss-reactive ketones (excluding diaryl/α,β-unsaturated/α-hetero) is 1. The highest BCUT2D eigenvalue weighted by Crippen LogP contribution is 2.37. The van der Waals surface area contributed by atoms with Crippen LogP contribution in [-0.4, -0.2) is 66.2 Å². The third-order valence-electron chi connectivity index (χ3n) is 8.08. The Balaban J connectivity index is 1.46. The minimum atomic E-state index is -0.480. The molecule has 2 heterocycles. The second-order valence-electron chi connectivity index (χ2n) is 11.1. The van der Waals surface area contributed by atoms with Gasteiger partial charge in [-0.3, -0.25) is 19.2 Å². The van der Waals surface area contributed by atoms with Crippen LogP contribution in [0.5, 0.6) is 5.75 Å². The Bertz CT molecular complexity index is 1770. The number of fused-ring (bicyclic) bond motifs is 1. The average molecular weight is 681 g/mol. The average Bonchev–Trinajstić information content (AvgIpc) is 3.52. The molecule has 1 aromatic heterocycles. The van der Waals surface area contributed by atoms with E-state index in [1.165, 1.54) is 12.1 Å². The van der Waals surface area contributed by atoms with Crippen molar-refractivity contribution in [1.29, 1.82) is 0 Å². The summed E-state index contributed by atoms with van der Waals surface area (Å²) < 4.78 is 5.60. The quantitative estimate of drug-likeness (QED) is 0.111. The number of likely N-dealkylation sites (N-methyl/N-ethyl adjacent to an activating group) is 1. The smallest absolute Gasteiger partial charge is 0.262 e. The number of carbonyl (C=O) groups excluding carboxylic acids is 4. The first kappa shape index (κ1) is 35.5. The fraction of sp³-hybridized carbons (Fsp3) is 0.314. The fourth-order valence-electron chi connectivity index (χ4n) is 5.28. The largest absolute Gasteiger partial charge is 0.482 e. The van der Waals surface area contributed by atoms with Crippen LogP contribution in [0.25, 0.3) is 11.6 Å². The van der Waals surface area contributed by atoms with Gasteiger partial charge in [0, 0.05) is 47.0 Å². The van der Waals surface area contributed by atoms with E-state index >= 15 is 0 Å². The Morgan fingerprint density at radius 1 is 1.04 bits per heavy atom. The zero-order valence-electron chi connectivity index (χ0n) is 27.2. The molecular weight excluding hydrogens is 641 g/mol. The molecule has 0 radical (unpaired) electrons. The molecule has 0 saturated heterocycles. The molecule has 3 amide bonds. The number of H-pyrrole nitrogens is 1. The SMILES string of the molecule is C=C(CC)C(=O)c1ccc(OCC(=O)Nc2ccc3c(c2)/C(=C/c2[nH]c(C)c(C(=O)NCCN(CC)CC)c2C)C(=O)N3)c(Cl)c1Cl. The van der Waals surface area contributed by atoms with Crippen molar-refractivity contribution < 1.29 is 23.9 Å². The predicted octanol–water partition coefficient (Wildman–Crippen LogP) is 6.67. The molecule has 248 valence electrons. The monoisotopic (exact) mass is 679 g/mol. The molecule has 0 atom stereocenters. The van der Waals surface area contributed by atoms with Gasteiger partial charge < -0.3 is 30.6 Å². The number of benzene rings is 2. The van der Waals surface area contributed by atoms with E-state index < -0.39 is 5.91 Å². The van der Waals surface area contributed by atoms with Gasteiger partial charge in [0.2, 0.25) is 0 Å². The minimum Gasteiger partial charge on any atom is -0.482 e. The second-order valence-corrected chi connectivity index (χ2v) is 11.8. The van der Waals surface area contributed by atoms with Crippen LogP contribution in [0, 0.1) is 13.8 Å². The van der Waals surface area contributed by atoms with E-state index in [0.29, 0.717) is 58.0 Å². The van der Waals surface area contributed by atoms with E-state index in [1.807, 2.05) is 20.8 Å². The van der Waals surface area contributed by atoms with Gasteiger partial charge in [-0.15, -0.1) is 0 Å². The van der Waals surface area contributed by atoms with E-state index in [0.717, 1.165) is 25.2 Å². The number of halogens is 2. The number of anilines is 2. The molecule has 0 fully saturated rings. The van der Waals surface area contributed by atoms with E-state index in [9.17, 15) is 19.2 Å². The van der Waals surface area contributed by atoms with Crippen molar-refractivity contribution >= 4 is 69.7 Å². The van der Waals surface area contributed by atoms with Crippen molar-refractivity contribution in [3.8, 4) is 5.75 Å². The maximum Gasteiger partial charge on any atom is 0.262 e. The van der Waals surface area contributed by atoms with Crippen LogP contribution in [0.2, 0.25) is 10.0 Å². The Morgan fingerprint density at radius 3 is 2.45 bits per heavy atom. The molecule has 0 aliphatic carbocycles. The maximum atomic E-state index is 13.0. The molecule has 2 aromatic carbocycles. The van der Waals surface area contributed by atoms with E-state index in [4.69, 9.17) is 27.9 Å². The minimum absolute atomic E-state index is 0.0150. The maximum absolute atomic E-state index is 13.0. The highest BCUT2D eigenvalue weighted by atomic mass is 35.5. The first-order chi connectivity index (χ1) is 22.4. The molecule has 1 aliphatic rings. The van der Waals surface area contributed by atoms with Gasteiger partial charge in [0.05, 0.1) is 16.2 Å². The van der Waals surface area contributed by atoms with Gasteiger partial charge in [0.1, 0.15) is 10.8 Å². The number of nitrogens with zero attached hydrogens (tertiary/aromatic N) is 1. The third kappa shape index (κ3) is 7.96. The molecule has 4 rings (SSSR count). The van der Waals surface area contributed by atoms with Crippen molar-refractivity contribution in [3.05, 3.63) is 86.2 Å². The van der Waals surface area contributed by atoms with Crippen LogP contribution in [0.3, 0.4) is 0 Å². The topological polar surface area (TPSA) is 133 Å². The number of hydrogen-bond acceptors (Lipinski definition) is 6. The van der Waals surface area contributed by atoms with Gasteiger partial charge >= 0.3 is 0 Å². The van der Waals surface area contributed by atoms with Crippen molar-refractivity contribution in [3.63, 3.8) is 0 Å². The van der Waals surface area contributed by atoms with E-state index in [2.05, 4.69) is 46.3 Å². The third-order valence-corrected chi connectivity index (χ3v) is 8.95. The first-order valence-corrected chi connectivity index (χ1v) is 16.2. The summed E-state index contributed by atoms with van der Waals surface area (Å²) in [7, 11) is 0. The lowest BCUT2D eigenvalue weighted by molar-refractivity contribution is -0.118. The van der Waals surface area contributed by atoms with E-state index in [-0.39, 0.29) is 45.6 Å². The highest BCUT2D eigenvalue weighted by molar-refractivity contribution is 6.45. The molecule has 10 nitrogen and oxygen atoms in total. The molecule has 0 spiro atoms. The number of allylic oxidation sites excluding steroid dienone is 1. The lowest BCUT2D eigenvalue weighted by atomic mass is 10.0. The van der Waals surface area contributed by atoms with Crippen LogP contribution in [-0.2, 0) is 9.59 Å². The van der Waals surface area contributed by atoms with Gasteiger partial charge in [-0.1, -0.05) is 50.6 Å². The van der Waals surface area contributed by atoms with Crippen LogP contribution in [0.1, 0.15) is 70.4 Å². The number of rotatable bonds is 14. The molecule has 0 saturated carbocycles. The number of aromatic nitrogens is 1. The summed E-state index contributed by atoms with van der Waals surface area (Å²) in [6.07, 6.45) is 2.18. The van der Waals surface area contributed by atoms with Crippen molar-refractivity contribution in [2.24, 2.45) is 0 Å². The summed E-state index contributed by atoms with van der Waals surface area (Å²) in [4.78, 5) is 56.8. The van der Waals surface area contributed by atoms with Gasteiger partial charge in [0.15, 0.2) is 12.4 Å². The number of carbonyl (C=O) groups is 4. The summed E-state index contributed by atoms with van der Waals surface area (Å²) >= 11 is 12.7. The van der Waals surface area contributed by atoms with E-state index in [1.54, 1.807) is 24.3 Å². The van der Waals surface area contributed by atoms with Crippen molar-refractivity contribution in [1.82, 2.24) is 15.2 Å².